The van der Waals surface area contributed by atoms with E-state index in [-0.39, 0.29) is 0 Å². The van der Waals surface area contributed by atoms with E-state index >= 15 is 0 Å². The maximum absolute atomic E-state index is 6.96. The van der Waals surface area contributed by atoms with Crippen molar-refractivity contribution in [1.82, 2.24) is 0 Å². The molecule has 5 rings (SSSR count). The maximum atomic E-state index is 6.96. The molecule has 4 aromatic carbocycles. The normalized spacial score (nSPS) is 19.8. The third-order valence-corrected chi connectivity index (χ3v) is 24.9. The predicted molar refractivity (Wildman–Crippen MR) is 167 cm³/mol. The van der Waals surface area contributed by atoms with Crippen LogP contribution < -0.4 is 5.09 Å². The van der Waals surface area contributed by atoms with Gasteiger partial charge in [0.25, 0.3) is 5.91 Å². The minimum absolute atomic E-state index is 0.921. The van der Waals surface area contributed by atoms with Gasteiger partial charge < -0.3 is 5.09 Å². The van der Waals surface area contributed by atoms with E-state index in [4.69, 9.17) is 36.0 Å². The van der Waals surface area contributed by atoms with Crippen molar-refractivity contribution < 1.29 is 0 Å². The van der Waals surface area contributed by atoms with Crippen molar-refractivity contribution in [2.75, 3.05) is 5.09 Å². The van der Waals surface area contributed by atoms with Gasteiger partial charge in [-0.05, 0) is 105 Å². The Hall–Kier alpha value is -1.000. The SMILES string of the molecule is ClP1(Cl)=NP(Sc2ccccc2)(Sc2ccccc2)=NP(Nc2ccccc2)(Sc2ccccc2)=N1. The first-order valence-corrected chi connectivity index (χ1v) is 22.0. The van der Waals surface area contributed by atoms with Crippen molar-refractivity contribution in [3.05, 3.63) is 121 Å². The first-order chi connectivity index (χ1) is 17.4. The second-order valence-electron chi connectivity index (χ2n) is 7.45. The summed E-state index contributed by atoms with van der Waals surface area (Å²) in [7, 11) is 0. The summed E-state index contributed by atoms with van der Waals surface area (Å²) in [5.41, 5.74) is -1.69. The van der Waals surface area contributed by atoms with Crippen LogP contribution in [0.4, 0.5) is 5.69 Å². The largest absolute Gasteiger partial charge is 0.327 e. The summed E-state index contributed by atoms with van der Waals surface area (Å²) >= 11 is 18.8. The number of anilines is 1. The number of nitrogens with zero attached hydrogens (tertiary/aromatic N) is 3. The Morgan fingerprint density at radius 3 is 1.39 bits per heavy atom. The van der Waals surface area contributed by atoms with Gasteiger partial charge in [0.15, 0.2) is 0 Å². The van der Waals surface area contributed by atoms with E-state index in [0.29, 0.717) is 0 Å². The van der Waals surface area contributed by atoms with Crippen LogP contribution in [0.2, 0.25) is 0 Å². The monoisotopic (exact) mass is 624 g/mol. The van der Waals surface area contributed by atoms with Gasteiger partial charge in [0.05, 0.1) is 0 Å². The highest BCUT2D eigenvalue weighted by molar-refractivity contribution is 8.92. The Morgan fingerprint density at radius 2 is 0.917 bits per heavy atom. The smallest absolute Gasteiger partial charge is 0.257 e. The van der Waals surface area contributed by atoms with Crippen LogP contribution in [0.1, 0.15) is 0 Å². The number of hydrogen-bond acceptors (Lipinski definition) is 7. The van der Waals surface area contributed by atoms with E-state index in [1.54, 1.807) is 34.1 Å². The van der Waals surface area contributed by atoms with Gasteiger partial charge in [0.1, 0.15) is 0 Å². The van der Waals surface area contributed by atoms with Gasteiger partial charge in [-0.2, -0.15) is 13.5 Å². The molecule has 1 aliphatic heterocycles. The molecule has 36 heavy (non-hydrogen) atoms. The van der Waals surface area contributed by atoms with Gasteiger partial charge in [0.2, 0.25) is 12.2 Å². The Bertz CT molecular complexity index is 1310. The molecule has 1 N–H and O–H groups in total. The summed E-state index contributed by atoms with van der Waals surface area (Å²) in [5, 5.41) is 3.67. The van der Waals surface area contributed by atoms with Gasteiger partial charge >= 0.3 is 0 Å². The Balaban J connectivity index is 1.72. The van der Waals surface area contributed by atoms with Gasteiger partial charge in [-0.25, -0.2) is 0 Å². The highest BCUT2D eigenvalue weighted by atomic mass is 35.9. The van der Waals surface area contributed by atoms with Crippen molar-refractivity contribution in [2.24, 2.45) is 13.5 Å². The van der Waals surface area contributed by atoms with Crippen LogP contribution in [0.3, 0.4) is 0 Å². The van der Waals surface area contributed by atoms with Crippen LogP contribution in [0.5, 0.6) is 0 Å². The number of rotatable bonds is 8. The van der Waals surface area contributed by atoms with Gasteiger partial charge in [-0.1, -0.05) is 72.8 Å². The fourth-order valence-corrected chi connectivity index (χ4v) is 31.9. The first kappa shape index (κ1) is 26.6. The zero-order valence-electron chi connectivity index (χ0n) is 18.7. The second-order valence-corrected chi connectivity index (χ2v) is 25.0. The third-order valence-electron chi connectivity index (χ3n) is 4.64. The zero-order valence-corrected chi connectivity index (χ0v) is 25.4. The van der Waals surface area contributed by atoms with Gasteiger partial charge in [-0.15, -0.1) is 0 Å². The lowest BCUT2D eigenvalue weighted by molar-refractivity contribution is 1.47. The zero-order chi connectivity index (χ0) is 24.9. The van der Waals surface area contributed by atoms with E-state index in [9.17, 15) is 0 Å². The minimum atomic E-state index is -3.05. The van der Waals surface area contributed by atoms with Crippen LogP contribution in [-0.4, -0.2) is 0 Å². The maximum Gasteiger partial charge on any atom is 0.257 e. The molecule has 0 aromatic heterocycles. The Labute approximate surface area is 233 Å². The molecule has 1 unspecified atom stereocenters. The molecule has 0 aliphatic carbocycles. The number of benzene rings is 4. The van der Waals surface area contributed by atoms with Crippen LogP contribution >= 0.6 is 74.7 Å². The molecule has 4 nitrogen and oxygen atoms in total. The topological polar surface area (TPSA) is 49.1 Å². The lowest BCUT2D eigenvalue weighted by Crippen LogP contribution is -1.94. The van der Waals surface area contributed by atoms with Gasteiger partial charge in [-0.3, -0.25) is 0 Å². The number of halogens is 2. The Kier molecular flexibility index (Phi) is 8.72. The minimum Gasteiger partial charge on any atom is -0.327 e. The molecule has 1 heterocycles. The molecule has 0 saturated carbocycles. The summed E-state index contributed by atoms with van der Waals surface area (Å²) in [4.78, 5) is 3.18. The first-order valence-electron chi connectivity index (χ1n) is 10.8. The average molecular weight is 625 g/mol. The summed E-state index contributed by atoms with van der Waals surface area (Å²) in [6, 6.07) is 40.5. The van der Waals surface area contributed by atoms with Crippen molar-refractivity contribution >= 4 is 80.4 Å². The lowest BCUT2D eigenvalue weighted by Gasteiger charge is -2.31. The van der Waals surface area contributed by atoms with Crippen molar-refractivity contribution in [2.45, 2.75) is 14.7 Å². The number of hydrogen-bond donors (Lipinski definition) is 1. The molecule has 0 saturated heterocycles. The van der Waals surface area contributed by atoms with Crippen LogP contribution in [0, 0.1) is 0 Å². The summed E-state index contributed by atoms with van der Waals surface area (Å²) < 4.78 is 15.6. The summed E-state index contributed by atoms with van der Waals surface area (Å²) in [6.45, 7) is -2.73. The fraction of sp³-hybridized carbons (Fsp3) is 0. The molecule has 1 atom stereocenters. The molecule has 184 valence electrons. The molecule has 0 radical (unpaired) electrons. The van der Waals surface area contributed by atoms with E-state index in [2.05, 4.69) is 41.5 Å². The van der Waals surface area contributed by atoms with Crippen molar-refractivity contribution in [3.63, 3.8) is 0 Å². The fourth-order valence-electron chi connectivity index (χ4n) is 3.23. The molecule has 0 amide bonds. The van der Waals surface area contributed by atoms with Crippen molar-refractivity contribution in [3.8, 4) is 0 Å². The van der Waals surface area contributed by atoms with E-state index in [1.807, 2.05) is 84.9 Å². The van der Waals surface area contributed by atoms with E-state index in [1.165, 1.54) is 0 Å². The van der Waals surface area contributed by atoms with E-state index in [0.717, 1.165) is 20.4 Å². The molecule has 0 spiro atoms. The highest BCUT2D eigenvalue weighted by Crippen LogP contribution is 2.92. The molecule has 1 aliphatic rings. The molecule has 12 heteroatoms. The standard InChI is InChI=1S/C24H21Cl2N4P3S3/c25-31(26)28-32(27-21-13-5-1-6-14-21,34-22-15-7-2-8-16-22)30-33(29-31,35-23-17-9-3-10-18-23)36-24-19-11-4-12-20-24/h1-20,27H. The molecule has 0 bridgehead atoms. The predicted octanol–water partition coefficient (Wildman–Crippen LogP) is 12.8. The van der Waals surface area contributed by atoms with Crippen LogP contribution in [0.15, 0.2) is 150 Å². The molecular weight excluding hydrogens is 604 g/mol. The molecular formula is C24H21Cl2N4P3S3. The third kappa shape index (κ3) is 7.10. The van der Waals surface area contributed by atoms with E-state index < -0.39 is 18.1 Å². The molecule has 4 aromatic rings. The summed E-state index contributed by atoms with van der Waals surface area (Å²) in [6.07, 6.45) is 0. The molecule has 0 fully saturated rings. The quantitative estimate of drug-likeness (QED) is 0.198. The average Bonchev–Trinajstić information content (AvgIpc) is 2.85. The number of nitrogens with one attached hydrogen (secondary N) is 1. The van der Waals surface area contributed by atoms with Gasteiger partial charge in [0, 0.05) is 20.4 Å². The number of para-hydroxylation sites is 1. The lowest BCUT2D eigenvalue weighted by atomic mass is 10.3. The highest BCUT2D eigenvalue weighted by Gasteiger charge is 2.38. The Morgan fingerprint density at radius 1 is 0.500 bits per heavy atom. The van der Waals surface area contributed by atoms with Crippen LogP contribution in [-0.2, 0) is 0 Å². The van der Waals surface area contributed by atoms with Crippen molar-refractivity contribution in [1.29, 1.82) is 0 Å². The van der Waals surface area contributed by atoms with Crippen LogP contribution in [0.25, 0.3) is 0 Å². The second kappa shape index (κ2) is 11.8. The summed E-state index contributed by atoms with van der Waals surface area (Å²) in [5.74, 6) is -3.05.